The minimum absolute atomic E-state index is 0.202. The predicted molar refractivity (Wildman–Crippen MR) is 61.0 cm³/mol. The Morgan fingerprint density at radius 2 is 1.81 bits per heavy atom. The Hall–Kier alpha value is -1.49. The lowest BCUT2D eigenvalue weighted by Crippen LogP contribution is -2.14. The molecule has 4 nitrogen and oxygen atoms in total. The van der Waals surface area contributed by atoms with Crippen LogP contribution < -0.4 is 0 Å². The average molecular weight is 240 g/mol. The highest BCUT2D eigenvalue weighted by Gasteiger charge is 2.16. The molecule has 0 saturated carbocycles. The van der Waals surface area contributed by atoms with E-state index in [-0.39, 0.29) is 5.56 Å². The number of aromatic carboxylic acids is 1. The summed E-state index contributed by atoms with van der Waals surface area (Å²) >= 11 is 1.22. The third-order valence-corrected chi connectivity index (χ3v) is 3.39. The molecule has 0 fully saturated rings. The van der Waals surface area contributed by atoms with Crippen molar-refractivity contribution in [3.63, 3.8) is 0 Å². The van der Waals surface area contributed by atoms with E-state index >= 15 is 0 Å². The Bertz CT molecular complexity index is 385. The fraction of sp³-hybridized carbons (Fsp3) is 0.273. The Morgan fingerprint density at radius 3 is 2.19 bits per heavy atom. The summed E-state index contributed by atoms with van der Waals surface area (Å²) in [6.07, 6.45) is 0.528. The van der Waals surface area contributed by atoms with E-state index in [4.69, 9.17) is 10.2 Å². The van der Waals surface area contributed by atoms with E-state index in [2.05, 4.69) is 0 Å². The van der Waals surface area contributed by atoms with Crippen LogP contribution in [0.4, 0.5) is 0 Å². The van der Waals surface area contributed by atoms with E-state index in [1.807, 2.05) is 0 Å². The van der Waals surface area contributed by atoms with E-state index in [1.54, 1.807) is 19.1 Å². The largest absolute Gasteiger partial charge is 0.480 e. The molecule has 0 aromatic heterocycles. The molecule has 0 saturated heterocycles. The molecule has 1 rings (SSSR count). The van der Waals surface area contributed by atoms with Crippen molar-refractivity contribution in [2.75, 3.05) is 0 Å². The maximum absolute atomic E-state index is 10.8. The van der Waals surface area contributed by atoms with Crippen molar-refractivity contribution in [3.8, 4) is 0 Å². The van der Waals surface area contributed by atoms with Gasteiger partial charge in [0.15, 0.2) is 0 Å². The van der Waals surface area contributed by atoms with Crippen molar-refractivity contribution in [2.24, 2.45) is 0 Å². The standard InChI is InChI=1S/C11H12O4S/c1-2-9(11(14)15)16-8-5-3-7(4-6-8)10(12)13/h3-6,9H,2H2,1H3,(H,12,13)(H,14,15)/t9-/m1/s1. The molecule has 0 radical (unpaired) electrons. The Balaban J connectivity index is 2.75. The summed E-state index contributed by atoms with van der Waals surface area (Å²) in [6, 6.07) is 6.19. The summed E-state index contributed by atoms with van der Waals surface area (Å²) in [6.45, 7) is 1.80. The lowest BCUT2D eigenvalue weighted by molar-refractivity contribution is -0.136. The molecule has 0 aliphatic rings. The van der Waals surface area contributed by atoms with E-state index in [0.717, 1.165) is 4.90 Å². The van der Waals surface area contributed by atoms with Crippen molar-refractivity contribution in [1.29, 1.82) is 0 Å². The minimum Gasteiger partial charge on any atom is -0.480 e. The van der Waals surface area contributed by atoms with E-state index in [1.165, 1.54) is 23.9 Å². The molecule has 0 aliphatic carbocycles. The second-order valence-corrected chi connectivity index (χ2v) is 4.46. The molecule has 16 heavy (non-hydrogen) atoms. The van der Waals surface area contributed by atoms with Gasteiger partial charge in [-0.05, 0) is 30.7 Å². The van der Waals surface area contributed by atoms with Gasteiger partial charge in [0.1, 0.15) is 5.25 Å². The molecule has 1 atom stereocenters. The molecule has 1 aromatic carbocycles. The molecule has 1 aromatic rings. The summed E-state index contributed by atoms with van der Waals surface area (Å²) < 4.78 is 0. The number of carboxylic acids is 2. The molecular weight excluding hydrogens is 228 g/mol. The van der Waals surface area contributed by atoms with Gasteiger partial charge in [0, 0.05) is 4.90 Å². The first-order valence-corrected chi connectivity index (χ1v) is 5.65. The van der Waals surface area contributed by atoms with E-state index in [9.17, 15) is 9.59 Å². The van der Waals surface area contributed by atoms with Crippen molar-refractivity contribution in [1.82, 2.24) is 0 Å². The quantitative estimate of drug-likeness (QED) is 0.773. The van der Waals surface area contributed by atoms with Crippen LogP contribution in [-0.4, -0.2) is 27.4 Å². The van der Waals surface area contributed by atoms with Crippen LogP contribution in [0.15, 0.2) is 29.2 Å². The van der Waals surface area contributed by atoms with Gasteiger partial charge in [0.25, 0.3) is 0 Å². The molecule has 0 bridgehead atoms. The number of aliphatic carboxylic acids is 1. The van der Waals surface area contributed by atoms with Crippen LogP contribution in [-0.2, 0) is 4.79 Å². The Labute approximate surface area is 97.3 Å². The lowest BCUT2D eigenvalue weighted by atomic mass is 10.2. The minimum atomic E-state index is -0.984. The van der Waals surface area contributed by atoms with Crippen molar-refractivity contribution >= 4 is 23.7 Å². The molecule has 0 aliphatic heterocycles. The molecule has 86 valence electrons. The molecule has 0 spiro atoms. The Morgan fingerprint density at radius 1 is 1.25 bits per heavy atom. The van der Waals surface area contributed by atoms with Crippen molar-refractivity contribution < 1.29 is 19.8 Å². The third kappa shape index (κ3) is 3.27. The number of hydrogen-bond donors (Lipinski definition) is 2. The predicted octanol–water partition coefficient (Wildman–Crippen LogP) is 2.34. The van der Waals surface area contributed by atoms with Crippen molar-refractivity contribution in [2.45, 2.75) is 23.5 Å². The SMILES string of the molecule is CC[C@@H](Sc1ccc(C(=O)O)cc1)C(=O)O. The highest BCUT2D eigenvalue weighted by atomic mass is 32.2. The molecular formula is C11H12O4S. The van der Waals surface area contributed by atoms with Crippen LogP contribution in [0.3, 0.4) is 0 Å². The van der Waals surface area contributed by atoms with Gasteiger partial charge in [0.05, 0.1) is 5.56 Å². The zero-order chi connectivity index (χ0) is 12.1. The second kappa shape index (κ2) is 5.55. The third-order valence-electron chi connectivity index (χ3n) is 2.03. The fourth-order valence-corrected chi connectivity index (χ4v) is 2.04. The lowest BCUT2D eigenvalue weighted by Gasteiger charge is -2.08. The maximum atomic E-state index is 10.8. The second-order valence-electron chi connectivity index (χ2n) is 3.18. The van der Waals surface area contributed by atoms with E-state index < -0.39 is 17.2 Å². The smallest absolute Gasteiger partial charge is 0.335 e. The average Bonchev–Trinajstić information content (AvgIpc) is 2.26. The van der Waals surface area contributed by atoms with Gasteiger partial charge in [-0.1, -0.05) is 6.92 Å². The summed E-state index contributed by atoms with van der Waals surface area (Å²) in [5.74, 6) is -1.84. The van der Waals surface area contributed by atoms with Crippen LogP contribution >= 0.6 is 11.8 Å². The zero-order valence-electron chi connectivity index (χ0n) is 8.71. The number of thioether (sulfide) groups is 1. The molecule has 0 unspecified atom stereocenters. The first-order chi connectivity index (χ1) is 7.54. The van der Waals surface area contributed by atoms with Gasteiger partial charge in [-0.25, -0.2) is 4.79 Å². The van der Waals surface area contributed by atoms with Crippen LogP contribution in [0.5, 0.6) is 0 Å². The topological polar surface area (TPSA) is 74.6 Å². The fourth-order valence-electron chi connectivity index (χ4n) is 1.15. The van der Waals surface area contributed by atoms with Gasteiger partial charge in [-0.15, -0.1) is 11.8 Å². The summed E-state index contributed by atoms with van der Waals surface area (Å²) in [4.78, 5) is 22.2. The summed E-state index contributed by atoms with van der Waals surface area (Å²) in [5, 5.41) is 17.1. The molecule has 5 heteroatoms. The number of carboxylic acid groups (broad SMARTS) is 2. The highest BCUT2D eigenvalue weighted by molar-refractivity contribution is 8.00. The van der Waals surface area contributed by atoms with Gasteiger partial charge in [-0.3, -0.25) is 4.79 Å². The van der Waals surface area contributed by atoms with Crippen LogP contribution in [0.2, 0.25) is 0 Å². The van der Waals surface area contributed by atoms with Gasteiger partial charge < -0.3 is 10.2 Å². The summed E-state index contributed by atoms with van der Waals surface area (Å²) in [7, 11) is 0. The van der Waals surface area contributed by atoms with Crippen LogP contribution in [0, 0.1) is 0 Å². The normalized spacial score (nSPS) is 12.1. The highest BCUT2D eigenvalue weighted by Crippen LogP contribution is 2.25. The first kappa shape index (κ1) is 12.6. The number of benzene rings is 1. The van der Waals surface area contributed by atoms with Crippen molar-refractivity contribution in [3.05, 3.63) is 29.8 Å². The van der Waals surface area contributed by atoms with Gasteiger partial charge >= 0.3 is 11.9 Å². The maximum Gasteiger partial charge on any atom is 0.335 e. The summed E-state index contributed by atoms with van der Waals surface area (Å²) in [5.41, 5.74) is 0.202. The van der Waals surface area contributed by atoms with Crippen LogP contribution in [0.1, 0.15) is 23.7 Å². The number of hydrogen-bond acceptors (Lipinski definition) is 3. The molecule has 0 heterocycles. The number of carbonyl (C=O) groups is 2. The van der Waals surface area contributed by atoms with E-state index in [0.29, 0.717) is 6.42 Å². The first-order valence-electron chi connectivity index (χ1n) is 4.77. The zero-order valence-corrected chi connectivity index (χ0v) is 9.53. The van der Waals surface area contributed by atoms with Crippen LogP contribution in [0.25, 0.3) is 0 Å². The number of rotatable bonds is 5. The Kier molecular flexibility index (Phi) is 4.37. The molecule has 2 N–H and O–H groups in total. The van der Waals surface area contributed by atoms with Gasteiger partial charge in [0.2, 0.25) is 0 Å². The van der Waals surface area contributed by atoms with Gasteiger partial charge in [-0.2, -0.15) is 0 Å². The molecule has 0 amide bonds. The monoisotopic (exact) mass is 240 g/mol.